The number of ether oxygens (including phenoxy) is 3. The molecule has 1 aliphatic heterocycles. The van der Waals surface area contributed by atoms with Crippen molar-refractivity contribution in [2.24, 2.45) is 5.92 Å². The molecule has 1 aromatic rings. The highest BCUT2D eigenvalue weighted by molar-refractivity contribution is 5.94. The van der Waals surface area contributed by atoms with Crippen LogP contribution in [0.25, 0.3) is 0 Å². The highest BCUT2D eigenvalue weighted by atomic mass is 16.5. The molecule has 6 heteroatoms. The van der Waals surface area contributed by atoms with Gasteiger partial charge in [0.05, 0.1) is 31.4 Å². The van der Waals surface area contributed by atoms with Crippen LogP contribution in [0.2, 0.25) is 0 Å². The first-order chi connectivity index (χ1) is 11.3. The maximum absolute atomic E-state index is 12.4. The first-order valence-electron chi connectivity index (χ1n) is 8.26. The number of hydrogen-bond donors (Lipinski definition) is 1. The molecule has 2 heterocycles. The summed E-state index contributed by atoms with van der Waals surface area (Å²) in [6.07, 6.45) is 6.20. The molecule has 0 unspecified atom stereocenters. The SMILES string of the molecule is COc1ccc(C(=O)N[C@@H]2COCC[C@@H]2OCC2CCC2)cn1. The predicted molar refractivity (Wildman–Crippen MR) is 84.6 cm³/mol. The number of pyridine rings is 1. The number of amides is 1. The first-order valence-corrected chi connectivity index (χ1v) is 8.26. The van der Waals surface area contributed by atoms with Crippen molar-refractivity contribution in [3.05, 3.63) is 23.9 Å². The van der Waals surface area contributed by atoms with Gasteiger partial charge < -0.3 is 19.5 Å². The van der Waals surface area contributed by atoms with Gasteiger partial charge in [-0.2, -0.15) is 0 Å². The lowest BCUT2D eigenvalue weighted by Gasteiger charge is -2.34. The van der Waals surface area contributed by atoms with Gasteiger partial charge in [0.2, 0.25) is 5.88 Å². The Morgan fingerprint density at radius 3 is 2.91 bits per heavy atom. The summed E-state index contributed by atoms with van der Waals surface area (Å²) >= 11 is 0. The lowest BCUT2D eigenvalue weighted by molar-refractivity contribution is -0.0696. The van der Waals surface area contributed by atoms with E-state index in [1.165, 1.54) is 25.5 Å². The minimum Gasteiger partial charge on any atom is -0.481 e. The predicted octanol–water partition coefficient (Wildman–Crippen LogP) is 1.79. The number of carbonyl (C=O) groups is 1. The minimum absolute atomic E-state index is 0.0273. The molecule has 0 radical (unpaired) electrons. The molecule has 1 N–H and O–H groups in total. The highest BCUT2D eigenvalue weighted by Gasteiger charge is 2.30. The molecule has 23 heavy (non-hydrogen) atoms. The third-order valence-corrected chi connectivity index (χ3v) is 4.59. The number of rotatable bonds is 6. The maximum Gasteiger partial charge on any atom is 0.253 e. The monoisotopic (exact) mass is 320 g/mol. The Bertz CT molecular complexity index is 516. The molecule has 1 aliphatic carbocycles. The highest BCUT2D eigenvalue weighted by Crippen LogP contribution is 2.27. The zero-order chi connectivity index (χ0) is 16.1. The molecule has 2 fully saturated rings. The van der Waals surface area contributed by atoms with Crippen molar-refractivity contribution >= 4 is 5.91 Å². The quantitative estimate of drug-likeness (QED) is 0.865. The van der Waals surface area contributed by atoms with Gasteiger partial charge >= 0.3 is 0 Å². The van der Waals surface area contributed by atoms with E-state index in [4.69, 9.17) is 14.2 Å². The van der Waals surface area contributed by atoms with Gasteiger partial charge in [0.25, 0.3) is 5.91 Å². The Balaban J connectivity index is 1.55. The molecule has 0 bridgehead atoms. The van der Waals surface area contributed by atoms with Crippen molar-refractivity contribution in [1.29, 1.82) is 0 Å². The van der Waals surface area contributed by atoms with Crippen LogP contribution in [0, 0.1) is 5.92 Å². The Morgan fingerprint density at radius 1 is 1.39 bits per heavy atom. The van der Waals surface area contributed by atoms with Crippen LogP contribution in [0.1, 0.15) is 36.0 Å². The van der Waals surface area contributed by atoms with Crippen molar-refractivity contribution in [1.82, 2.24) is 10.3 Å². The van der Waals surface area contributed by atoms with Gasteiger partial charge in [-0.25, -0.2) is 4.98 Å². The molecule has 0 aromatic carbocycles. The Kier molecular flexibility index (Phi) is 5.46. The lowest BCUT2D eigenvalue weighted by Crippen LogP contribution is -2.51. The molecule has 0 spiro atoms. The summed E-state index contributed by atoms with van der Waals surface area (Å²) in [4.78, 5) is 16.4. The first kappa shape index (κ1) is 16.2. The molecule has 1 amide bonds. The van der Waals surface area contributed by atoms with E-state index in [1.54, 1.807) is 19.2 Å². The van der Waals surface area contributed by atoms with E-state index in [0.29, 0.717) is 30.6 Å². The van der Waals surface area contributed by atoms with Crippen molar-refractivity contribution in [3.63, 3.8) is 0 Å². The summed E-state index contributed by atoms with van der Waals surface area (Å²) in [5.41, 5.74) is 0.508. The number of nitrogens with zero attached hydrogens (tertiary/aromatic N) is 1. The molecule has 1 saturated carbocycles. The topological polar surface area (TPSA) is 69.7 Å². The molecular weight excluding hydrogens is 296 g/mol. The smallest absolute Gasteiger partial charge is 0.253 e. The summed E-state index contributed by atoms with van der Waals surface area (Å²) in [6, 6.07) is 3.27. The van der Waals surface area contributed by atoms with Crippen LogP contribution >= 0.6 is 0 Å². The van der Waals surface area contributed by atoms with E-state index < -0.39 is 0 Å². The summed E-state index contributed by atoms with van der Waals surface area (Å²) in [6.45, 7) is 1.97. The Hall–Kier alpha value is -1.66. The molecule has 2 atom stereocenters. The summed E-state index contributed by atoms with van der Waals surface area (Å²) in [5, 5.41) is 3.01. The zero-order valence-electron chi connectivity index (χ0n) is 13.5. The van der Waals surface area contributed by atoms with E-state index >= 15 is 0 Å². The summed E-state index contributed by atoms with van der Waals surface area (Å²) in [7, 11) is 1.55. The van der Waals surface area contributed by atoms with Crippen LogP contribution in [0.15, 0.2) is 18.3 Å². The van der Waals surface area contributed by atoms with Crippen molar-refractivity contribution in [2.45, 2.75) is 37.8 Å². The van der Waals surface area contributed by atoms with Crippen molar-refractivity contribution < 1.29 is 19.0 Å². The molecule has 1 aromatic heterocycles. The second kappa shape index (κ2) is 7.75. The van der Waals surface area contributed by atoms with Crippen LogP contribution in [-0.4, -0.2) is 50.0 Å². The Labute approximate surface area is 136 Å². The van der Waals surface area contributed by atoms with E-state index in [9.17, 15) is 4.79 Å². The van der Waals surface area contributed by atoms with Crippen molar-refractivity contribution in [3.8, 4) is 5.88 Å². The van der Waals surface area contributed by atoms with E-state index in [2.05, 4.69) is 10.3 Å². The second-order valence-electron chi connectivity index (χ2n) is 6.20. The maximum atomic E-state index is 12.4. The summed E-state index contributed by atoms with van der Waals surface area (Å²) < 4.78 is 16.5. The number of methoxy groups -OCH3 is 1. The molecule has 126 valence electrons. The van der Waals surface area contributed by atoms with E-state index in [0.717, 1.165) is 13.0 Å². The average molecular weight is 320 g/mol. The molecule has 1 saturated heterocycles. The average Bonchev–Trinajstić information content (AvgIpc) is 2.55. The second-order valence-corrected chi connectivity index (χ2v) is 6.20. The normalized spacial score (nSPS) is 24.7. The van der Waals surface area contributed by atoms with Gasteiger partial charge in [-0.1, -0.05) is 6.42 Å². The fraction of sp³-hybridized carbons (Fsp3) is 0.647. The van der Waals surface area contributed by atoms with E-state index in [1.807, 2.05) is 0 Å². The molecular formula is C17H24N2O4. The number of nitrogens with one attached hydrogen (secondary N) is 1. The minimum atomic E-state index is -0.159. The van der Waals surface area contributed by atoms with Gasteiger partial charge in [-0.05, 0) is 31.2 Å². The largest absolute Gasteiger partial charge is 0.481 e. The van der Waals surface area contributed by atoms with E-state index in [-0.39, 0.29) is 18.1 Å². The van der Waals surface area contributed by atoms with Gasteiger partial charge in [0.1, 0.15) is 0 Å². The van der Waals surface area contributed by atoms with Gasteiger partial charge in [0, 0.05) is 25.5 Å². The molecule has 3 rings (SSSR count). The fourth-order valence-corrected chi connectivity index (χ4v) is 2.86. The van der Waals surface area contributed by atoms with Crippen LogP contribution in [0.5, 0.6) is 5.88 Å². The fourth-order valence-electron chi connectivity index (χ4n) is 2.86. The molecule has 6 nitrogen and oxygen atoms in total. The lowest BCUT2D eigenvalue weighted by atomic mass is 9.86. The van der Waals surface area contributed by atoms with Crippen LogP contribution in [0.3, 0.4) is 0 Å². The van der Waals surface area contributed by atoms with Gasteiger partial charge in [-0.15, -0.1) is 0 Å². The van der Waals surface area contributed by atoms with Crippen molar-refractivity contribution in [2.75, 3.05) is 26.9 Å². The summed E-state index contributed by atoms with van der Waals surface area (Å²) in [5.74, 6) is 1.03. The third kappa shape index (κ3) is 4.20. The number of aromatic nitrogens is 1. The third-order valence-electron chi connectivity index (χ3n) is 4.59. The van der Waals surface area contributed by atoms with Crippen LogP contribution in [-0.2, 0) is 9.47 Å². The Morgan fingerprint density at radius 2 is 2.26 bits per heavy atom. The van der Waals surface area contributed by atoms with Gasteiger partial charge in [0.15, 0.2) is 0 Å². The number of hydrogen-bond acceptors (Lipinski definition) is 5. The standard InChI is InChI=1S/C17H24N2O4/c1-21-16-6-5-13(9-18-16)17(20)19-14-11-22-8-7-15(14)23-10-12-3-2-4-12/h5-6,9,12,14-15H,2-4,7-8,10-11H2,1H3,(H,19,20)/t14-,15+/m1/s1. The van der Waals surface area contributed by atoms with Crippen LogP contribution in [0.4, 0.5) is 0 Å². The van der Waals surface area contributed by atoms with Gasteiger partial charge in [-0.3, -0.25) is 4.79 Å². The van der Waals surface area contributed by atoms with Crippen LogP contribution < -0.4 is 10.1 Å². The number of carbonyl (C=O) groups excluding carboxylic acids is 1. The molecule has 2 aliphatic rings. The zero-order valence-corrected chi connectivity index (χ0v) is 13.5.